The molecule has 80 valence electrons. The highest BCUT2D eigenvalue weighted by atomic mass is 32.2. The van der Waals surface area contributed by atoms with Gasteiger partial charge in [0.1, 0.15) is 0 Å². The molecule has 1 aliphatic carbocycles. The Kier molecular flexibility index (Phi) is 2.22. The molecule has 0 spiro atoms. The van der Waals surface area contributed by atoms with Crippen molar-refractivity contribution in [2.75, 3.05) is 0 Å². The van der Waals surface area contributed by atoms with Gasteiger partial charge in [0.2, 0.25) is 0 Å². The molecule has 1 saturated carbocycles. The van der Waals surface area contributed by atoms with Crippen LogP contribution in [0.25, 0.3) is 0 Å². The van der Waals surface area contributed by atoms with Crippen LogP contribution in [0.15, 0.2) is 23.4 Å². The summed E-state index contributed by atoms with van der Waals surface area (Å²) in [4.78, 5) is 14.8. The summed E-state index contributed by atoms with van der Waals surface area (Å²) < 4.78 is 23.7. The van der Waals surface area contributed by atoms with Crippen LogP contribution >= 0.6 is 0 Å². The van der Waals surface area contributed by atoms with E-state index in [1.165, 1.54) is 18.3 Å². The molecule has 2 rings (SSSR count). The fourth-order valence-corrected chi connectivity index (χ4v) is 3.10. The number of pyridine rings is 1. The molecule has 1 aromatic rings. The van der Waals surface area contributed by atoms with Gasteiger partial charge in [-0.1, -0.05) is 0 Å². The van der Waals surface area contributed by atoms with Crippen LogP contribution in [0.4, 0.5) is 0 Å². The molecule has 0 atom stereocenters. The maximum Gasteiger partial charge on any atom is 0.251 e. The third-order valence-electron chi connectivity index (χ3n) is 2.27. The Labute approximate surface area is 87.2 Å². The number of primary amides is 1. The molecule has 1 amide bonds. The Balaban J connectivity index is 2.57. The second kappa shape index (κ2) is 3.30. The van der Waals surface area contributed by atoms with Gasteiger partial charge in [-0.25, -0.2) is 13.4 Å². The fraction of sp³-hybridized carbons (Fsp3) is 0.333. The minimum Gasteiger partial charge on any atom is -0.366 e. The molecule has 2 N–H and O–H groups in total. The van der Waals surface area contributed by atoms with E-state index in [4.69, 9.17) is 5.73 Å². The molecular weight excluding hydrogens is 216 g/mol. The topological polar surface area (TPSA) is 90.1 Å². The number of nitrogens with zero attached hydrogens (tertiary/aromatic N) is 1. The second-order valence-corrected chi connectivity index (χ2v) is 5.61. The number of carbonyl (C=O) groups excluding carboxylic acids is 1. The predicted molar refractivity (Wildman–Crippen MR) is 53.0 cm³/mol. The van der Waals surface area contributed by atoms with Crippen LogP contribution in [0.2, 0.25) is 0 Å². The van der Waals surface area contributed by atoms with Gasteiger partial charge in [-0.3, -0.25) is 4.79 Å². The van der Waals surface area contributed by atoms with Crippen molar-refractivity contribution < 1.29 is 13.2 Å². The van der Waals surface area contributed by atoms with E-state index in [2.05, 4.69) is 4.98 Å². The lowest BCUT2D eigenvalue weighted by atomic mass is 10.3. The minimum atomic E-state index is -3.45. The van der Waals surface area contributed by atoms with E-state index in [0.29, 0.717) is 12.8 Å². The van der Waals surface area contributed by atoms with Crippen LogP contribution in [0, 0.1) is 0 Å². The zero-order valence-electron chi connectivity index (χ0n) is 7.88. The highest BCUT2D eigenvalue weighted by molar-refractivity contribution is 7.92. The van der Waals surface area contributed by atoms with E-state index in [-0.39, 0.29) is 15.8 Å². The van der Waals surface area contributed by atoms with Gasteiger partial charge >= 0.3 is 0 Å². The zero-order chi connectivity index (χ0) is 11.1. The largest absolute Gasteiger partial charge is 0.366 e. The van der Waals surface area contributed by atoms with Crippen LogP contribution in [0.3, 0.4) is 0 Å². The average Bonchev–Trinajstić information content (AvgIpc) is 3.01. The quantitative estimate of drug-likeness (QED) is 0.792. The summed E-state index contributed by atoms with van der Waals surface area (Å²) >= 11 is 0. The first-order valence-electron chi connectivity index (χ1n) is 4.52. The lowest BCUT2D eigenvalue weighted by molar-refractivity contribution is 0.0996. The molecular formula is C9H10N2O3S. The van der Waals surface area contributed by atoms with Crippen molar-refractivity contribution in [2.24, 2.45) is 5.73 Å². The summed E-state index contributed by atoms with van der Waals surface area (Å²) in [5.41, 5.74) is 5.06. The van der Waals surface area contributed by atoms with Crippen molar-refractivity contribution in [3.8, 4) is 0 Å². The van der Waals surface area contributed by atoms with E-state index < -0.39 is 15.7 Å². The maximum atomic E-state index is 11.8. The first kappa shape index (κ1) is 10.1. The molecule has 0 saturated heterocycles. The molecule has 5 nitrogen and oxygen atoms in total. The normalized spacial score (nSPS) is 16.3. The Morgan fingerprint density at radius 3 is 2.67 bits per heavy atom. The van der Waals surface area contributed by atoms with E-state index in [1.54, 1.807) is 0 Å². The van der Waals surface area contributed by atoms with Crippen LogP contribution in [0.5, 0.6) is 0 Å². The summed E-state index contributed by atoms with van der Waals surface area (Å²) in [6, 6.07) is 2.87. The van der Waals surface area contributed by atoms with Crippen molar-refractivity contribution in [1.82, 2.24) is 4.98 Å². The SMILES string of the molecule is NC(=O)c1cccnc1S(=O)(=O)C1CC1. The molecule has 15 heavy (non-hydrogen) atoms. The summed E-state index contributed by atoms with van der Waals surface area (Å²) in [6.07, 6.45) is 2.62. The first-order valence-corrected chi connectivity index (χ1v) is 6.07. The number of hydrogen-bond acceptors (Lipinski definition) is 4. The Morgan fingerprint density at radius 1 is 1.47 bits per heavy atom. The fourth-order valence-electron chi connectivity index (χ4n) is 1.34. The van der Waals surface area contributed by atoms with Crippen molar-refractivity contribution in [1.29, 1.82) is 0 Å². The van der Waals surface area contributed by atoms with Crippen LogP contribution in [0.1, 0.15) is 23.2 Å². The van der Waals surface area contributed by atoms with Crippen molar-refractivity contribution >= 4 is 15.7 Å². The third kappa shape index (κ3) is 1.72. The molecule has 1 aromatic heterocycles. The van der Waals surface area contributed by atoms with Crippen molar-refractivity contribution in [3.63, 3.8) is 0 Å². The number of rotatable bonds is 3. The van der Waals surface area contributed by atoms with E-state index in [9.17, 15) is 13.2 Å². The van der Waals surface area contributed by atoms with Gasteiger partial charge < -0.3 is 5.73 Å². The molecule has 1 heterocycles. The highest BCUT2D eigenvalue weighted by Crippen LogP contribution is 2.33. The van der Waals surface area contributed by atoms with Gasteiger partial charge in [0.25, 0.3) is 5.91 Å². The molecule has 6 heteroatoms. The van der Waals surface area contributed by atoms with E-state index in [0.717, 1.165) is 0 Å². The van der Waals surface area contributed by atoms with Gasteiger partial charge in [-0.05, 0) is 25.0 Å². The monoisotopic (exact) mass is 226 g/mol. The number of sulfone groups is 1. The summed E-state index contributed by atoms with van der Waals surface area (Å²) in [5, 5.41) is -0.564. The Hall–Kier alpha value is -1.43. The number of hydrogen-bond donors (Lipinski definition) is 1. The van der Waals surface area contributed by atoms with Gasteiger partial charge in [0.05, 0.1) is 10.8 Å². The molecule has 1 aliphatic rings. The maximum absolute atomic E-state index is 11.8. The number of carbonyl (C=O) groups is 1. The second-order valence-electron chi connectivity index (χ2n) is 3.46. The van der Waals surface area contributed by atoms with Gasteiger partial charge in [0.15, 0.2) is 14.9 Å². The standard InChI is InChI=1S/C9H10N2O3S/c10-8(12)7-2-1-5-11-9(7)15(13,14)6-3-4-6/h1-2,5-6H,3-4H2,(H2,10,12). The van der Waals surface area contributed by atoms with Crippen LogP contribution < -0.4 is 5.73 Å². The van der Waals surface area contributed by atoms with Gasteiger partial charge in [-0.2, -0.15) is 0 Å². The minimum absolute atomic E-state index is 0.0237. The number of amides is 1. The van der Waals surface area contributed by atoms with Crippen molar-refractivity contribution in [2.45, 2.75) is 23.1 Å². The molecule has 1 fully saturated rings. The average molecular weight is 226 g/mol. The first-order chi connectivity index (χ1) is 7.03. The number of aromatic nitrogens is 1. The Morgan fingerprint density at radius 2 is 2.13 bits per heavy atom. The molecule has 0 aromatic carbocycles. The van der Waals surface area contributed by atoms with E-state index in [1.807, 2.05) is 0 Å². The molecule has 0 radical (unpaired) electrons. The molecule has 0 bridgehead atoms. The zero-order valence-corrected chi connectivity index (χ0v) is 8.70. The third-order valence-corrected chi connectivity index (χ3v) is 4.48. The smallest absolute Gasteiger partial charge is 0.251 e. The highest BCUT2D eigenvalue weighted by Gasteiger charge is 2.39. The lowest BCUT2D eigenvalue weighted by Crippen LogP contribution is -2.19. The lowest BCUT2D eigenvalue weighted by Gasteiger charge is -2.04. The van der Waals surface area contributed by atoms with Crippen LogP contribution in [-0.4, -0.2) is 24.6 Å². The predicted octanol–water partition coefficient (Wildman–Crippen LogP) is 0.117. The van der Waals surface area contributed by atoms with Crippen molar-refractivity contribution in [3.05, 3.63) is 23.9 Å². The Bertz CT molecular complexity index is 506. The number of nitrogens with two attached hydrogens (primary N) is 1. The summed E-state index contributed by atoms with van der Waals surface area (Å²) in [7, 11) is -3.45. The summed E-state index contributed by atoms with van der Waals surface area (Å²) in [6.45, 7) is 0. The molecule has 0 unspecified atom stereocenters. The summed E-state index contributed by atoms with van der Waals surface area (Å²) in [5.74, 6) is -0.762. The molecule has 0 aliphatic heterocycles. The van der Waals surface area contributed by atoms with Gasteiger partial charge in [-0.15, -0.1) is 0 Å². The van der Waals surface area contributed by atoms with Gasteiger partial charge in [0, 0.05) is 6.20 Å². The van der Waals surface area contributed by atoms with Crippen LogP contribution in [-0.2, 0) is 9.84 Å². The van der Waals surface area contributed by atoms with E-state index >= 15 is 0 Å².